The van der Waals surface area contributed by atoms with Crippen LogP contribution in [-0.2, 0) is 14.3 Å². The largest absolute Gasteiger partial charge is 0.497 e. The number of Topliss-reactive ketones (excluding diaryl/α,β-unsaturated/α-hetero) is 1. The number of hydrogen-bond acceptors (Lipinski definition) is 7. The van der Waals surface area contributed by atoms with Crippen molar-refractivity contribution in [1.29, 1.82) is 0 Å². The van der Waals surface area contributed by atoms with Gasteiger partial charge in [0.15, 0.2) is 12.4 Å². The summed E-state index contributed by atoms with van der Waals surface area (Å²) in [4.78, 5) is 49.4. The third-order valence-electron chi connectivity index (χ3n) is 5.03. The lowest BCUT2D eigenvalue weighted by Crippen LogP contribution is -2.43. The van der Waals surface area contributed by atoms with Gasteiger partial charge < -0.3 is 14.2 Å². The zero-order valence-electron chi connectivity index (χ0n) is 18.0. The SMILES string of the molecule is COc1cc(OC)cc(C(=O)NN2C[C@H](C(=O)OCC(=O)c3ccc(C)cc3)CC2=O)c1. The topological polar surface area (TPSA) is 111 Å². The van der Waals surface area contributed by atoms with E-state index in [-0.39, 0.29) is 24.3 Å². The van der Waals surface area contributed by atoms with Crippen LogP contribution >= 0.6 is 0 Å². The lowest BCUT2D eigenvalue weighted by atomic mass is 10.1. The molecule has 1 atom stereocenters. The van der Waals surface area contributed by atoms with Gasteiger partial charge >= 0.3 is 5.97 Å². The number of hydrogen-bond donors (Lipinski definition) is 1. The summed E-state index contributed by atoms with van der Waals surface area (Å²) in [5, 5.41) is 1.07. The average Bonchev–Trinajstić information content (AvgIpc) is 3.17. The number of methoxy groups -OCH3 is 2. The fourth-order valence-corrected chi connectivity index (χ4v) is 3.18. The molecule has 1 aliphatic heterocycles. The zero-order valence-corrected chi connectivity index (χ0v) is 18.0. The van der Waals surface area contributed by atoms with Crippen molar-refractivity contribution in [1.82, 2.24) is 10.4 Å². The first-order valence-corrected chi connectivity index (χ1v) is 9.91. The first kappa shape index (κ1) is 22.8. The van der Waals surface area contributed by atoms with E-state index in [1.807, 2.05) is 6.92 Å². The van der Waals surface area contributed by atoms with Crippen molar-refractivity contribution < 1.29 is 33.4 Å². The Morgan fingerprint density at radius 2 is 1.62 bits per heavy atom. The van der Waals surface area contributed by atoms with Crippen LogP contribution in [0.25, 0.3) is 0 Å². The van der Waals surface area contributed by atoms with Crippen LogP contribution in [-0.4, -0.2) is 55.9 Å². The Balaban J connectivity index is 1.56. The standard InChI is InChI=1S/C23H24N2O7/c1-14-4-6-15(7-5-14)20(26)13-32-23(29)17-10-21(27)25(12-17)24-22(28)16-8-18(30-2)11-19(9-16)31-3/h4-9,11,17H,10,12-13H2,1-3H3,(H,24,28)/t17-/m1/s1. The average molecular weight is 440 g/mol. The van der Waals surface area contributed by atoms with Gasteiger partial charge in [-0.15, -0.1) is 0 Å². The number of ether oxygens (including phenoxy) is 3. The van der Waals surface area contributed by atoms with Crippen molar-refractivity contribution in [3.8, 4) is 11.5 Å². The monoisotopic (exact) mass is 440 g/mol. The van der Waals surface area contributed by atoms with Gasteiger partial charge in [-0.1, -0.05) is 29.8 Å². The Kier molecular flexibility index (Phi) is 7.09. The molecule has 0 spiro atoms. The molecule has 0 saturated carbocycles. The molecular weight excluding hydrogens is 416 g/mol. The number of benzene rings is 2. The minimum Gasteiger partial charge on any atom is -0.497 e. The number of carbonyl (C=O) groups is 4. The molecule has 1 heterocycles. The minimum atomic E-state index is -0.784. The smallest absolute Gasteiger partial charge is 0.311 e. The van der Waals surface area contributed by atoms with E-state index in [0.717, 1.165) is 10.6 Å². The highest BCUT2D eigenvalue weighted by Crippen LogP contribution is 2.23. The van der Waals surface area contributed by atoms with Gasteiger partial charge in [0.25, 0.3) is 5.91 Å². The molecule has 0 unspecified atom stereocenters. The molecule has 2 amide bonds. The summed E-state index contributed by atoms with van der Waals surface area (Å²) in [6.07, 6.45) is -0.126. The van der Waals surface area contributed by atoms with E-state index in [1.165, 1.54) is 26.4 Å². The molecular formula is C23H24N2O7. The maximum absolute atomic E-state index is 12.6. The van der Waals surface area contributed by atoms with Crippen LogP contribution in [0.15, 0.2) is 42.5 Å². The van der Waals surface area contributed by atoms with Crippen molar-refractivity contribution in [2.45, 2.75) is 13.3 Å². The maximum atomic E-state index is 12.6. The molecule has 0 bridgehead atoms. The van der Waals surface area contributed by atoms with Crippen LogP contribution in [0.2, 0.25) is 0 Å². The molecule has 9 heteroatoms. The number of aryl methyl sites for hydroxylation is 1. The second-order valence-corrected chi connectivity index (χ2v) is 7.34. The van der Waals surface area contributed by atoms with Crippen molar-refractivity contribution in [3.63, 3.8) is 0 Å². The number of rotatable bonds is 8. The van der Waals surface area contributed by atoms with Crippen LogP contribution in [0.3, 0.4) is 0 Å². The summed E-state index contributed by atoms with van der Waals surface area (Å²) in [7, 11) is 2.92. The number of hydrazine groups is 1. The Hall–Kier alpha value is -3.88. The van der Waals surface area contributed by atoms with Gasteiger partial charge in [0, 0.05) is 23.6 Å². The maximum Gasteiger partial charge on any atom is 0.311 e. The number of ketones is 1. The van der Waals surface area contributed by atoms with Crippen molar-refractivity contribution >= 4 is 23.6 Å². The molecule has 1 aliphatic rings. The number of carbonyl (C=O) groups excluding carboxylic acids is 4. The Labute approximate surface area is 185 Å². The highest BCUT2D eigenvalue weighted by atomic mass is 16.5. The molecule has 1 fully saturated rings. The van der Waals surface area contributed by atoms with E-state index in [1.54, 1.807) is 30.3 Å². The van der Waals surface area contributed by atoms with Gasteiger partial charge in [-0.3, -0.25) is 29.6 Å². The number of esters is 1. The van der Waals surface area contributed by atoms with Crippen LogP contribution in [0.5, 0.6) is 11.5 Å². The molecule has 1 N–H and O–H groups in total. The number of amides is 2. The van der Waals surface area contributed by atoms with Crippen LogP contribution < -0.4 is 14.9 Å². The van der Waals surface area contributed by atoms with Gasteiger partial charge in [0.2, 0.25) is 5.91 Å². The Morgan fingerprint density at radius 3 is 2.22 bits per heavy atom. The third-order valence-corrected chi connectivity index (χ3v) is 5.03. The summed E-state index contributed by atoms with van der Waals surface area (Å²) < 4.78 is 15.4. The van der Waals surface area contributed by atoms with Crippen LogP contribution in [0.4, 0.5) is 0 Å². The second kappa shape index (κ2) is 9.95. The molecule has 0 radical (unpaired) electrons. The van der Waals surface area contributed by atoms with E-state index in [0.29, 0.717) is 17.1 Å². The molecule has 2 aromatic rings. The van der Waals surface area contributed by atoms with Gasteiger partial charge in [-0.05, 0) is 19.1 Å². The number of nitrogens with zero attached hydrogens (tertiary/aromatic N) is 1. The Morgan fingerprint density at radius 1 is 1.00 bits per heavy atom. The summed E-state index contributed by atoms with van der Waals surface area (Å²) >= 11 is 0. The normalized spacial score (nSPS) is 15.3. The van der Waals surface area contributed by atoms with Gasteiger partial charge in [-0.2, -0.15) is 0 Å². The van der Waals surface area contributed by atoms with E-state index >= 15 is 0 Å². The summed E-state index contributed by atoms with van der Waals surface area (Å²) in [5.74, 6) is -1.94. The van der Waals surface area contributed by atoms with Crippen molar-refractivity contribution in [3.05, 3.63) is 59.2 Å². The minimum absolute atomic E-state index is 0.0523. The molecule has 2 aromatic carbocycles. The zero-order chi connectivity index (χ0) is 23.3. The van der Waals surface area contributed by atoms with Crippen LogP contribution in [0, 0.1) is 12.8 Å². The summed E-state index contributed by atoms with van der Waals surface area (Å²) in [6.45, 7) is 1.44. The van der Waals surface area contributed by atoms with E-state index in [9.17, 15) is 19.2 Å². The predicted molar refractivity (Wildman–Crippen MR) is 113 cm³/mol. The molecule has 32 heavy (non-hydrogen) atoms. The molecule has 168 valence electrons. The highest BCUT2D eigenvalue weighted by Gasteiger charge is 2.36. The van der Waals surface area contributed by atoms with Crippen molar-refractivity contribution in [2.24, 2.45) is 5.92 Å². The summed E-state index contributed by atoms with van der Waals surface area (Å²) in [5.41, 5.74) is 4.16. The third kappa shape index (κ3) is 5.42. The predicted octanol–water partition coefficient (Wildman–Crippen LogP) is 1.93. The fraction of sp³-hybridized carbons (Fsp3) is 0.304. The summed E-state index contributed by atoms with van der Waals surface area (Å²) in [6, 6.07) is 11.5. The second-order valence-electron chi connectivity index (χ2n) is 7.34. The van der Waals surface area contributed by atoms with Gasteiger partial charge in [0.1, 0.15) is 11.5 Å². The molecule has 0 aromatic heterocycles. The lowest BCUT2D eigenvalue weighted by molar-refractivity contribution is -0.147. The quantitative estimate of drug-likeness (QED) is 0.493. The van der Waals surface area contributed by atoms with Crippen LogP contribution in [0.1, 0.15) is 32.7 Å². The molecule has 1 saturated heterocycles. The van der Waals surface area contributed by atoms with E-state index in [2.05, 4.69) is 5.43 Å². The Bertz CT molecular complexity index is 1010. The fourth-order valence-electron chi connectivity index (χ4n) is 3.18. The molecule has 9 nitrogen and oxygen atoms in total. The molecule has 3 rings (SSSR count). The lowest BCUT2D eigenvalue weighted by Gasteiger charge is -2.18. The van der Waals surface area contributed by atoms with Gasteiger partial charge in [0.05, 0.1) is 26.7 Å². The van der Waals surface area contributed by atoms with Crippen molar-refractivity contribution in [2.75, 3.05) is 27.4 Å². The first-order valence-electron chi connectivity index (χ1n) is 9.91. The van der Waals surface area contributed by atoms with E-state index in [4.69, 9.17) is 14.2 Å². The molecule has 0 aliphatic carbocycles. The highest BCUT2D eigenvalue weighted by molar-refractivity contribution is 5.99. The van der Waals surface area contributed by atoms with Gasteiger partial charge in [-0.25, -0.2) is 0 Å². The van der Waals surface area contributed by atoms with E-state index < -0.39 is 30.3 Å². The number of nitrogens with one attached hydrogen (secondary N) is 1. The first-order chi connectivity index (χ1) is 15.3.